The second-order valence-electron chi connectivity index (χ2n) is 4.34. The van der Waals surface area contributed by atoms with Gasteiger partial charge in [-0.2, -0.15) is 0 Å². The highest BCUT2D eigenvalue weighted by Crippen LogP contribution is 2.23. The first kappa shape index (κ1) is 12.6. The van der Waals surface area contributed by atoms with Gasteiger partial charge in [-0.3, -0.25) is 0 Å². The molecule has 2 aromatic heterocycles. The molecule has 0 bridgehead atoms. The average molecular weight is 299 g/mol. The summed E-state index contributed by atoms with van der Waals surface area (Å²) in [5, 5.41) is 0.369. The highest BCUT2D eigenvalue weighted by molar-refractivity contribution is 7.91. The van der Waals surface area contributed by atoms with Gasteiger partial charge in [-0.05, 0) is 12.1 Å². The lowest BCUT2D eigenvalue weighted by Crippen LogP contribution is -2.40. The van der Waals surface area contributed by atoms with E-state index in [4.69, 9.17) is 11.6 Å². The minimum Gasteiger partial charge on any atom is -0.353 e. The number of rotatable bonds is 1. The molecular weight excluding hydrogens is 288 g/mol. The first-order chi connectivity index (χ1) is 9.05. The van der Waals surface area contributed by atoms with Crippen molar-refractivity contribution in [2.45, 2.75) is 0 Å². The van der Waals surface area contributed by atoms with E-state index in [-0.39, 0.29) is 11.5 Å². The van der Waals surface area contributed by atoms with Gasteiger partial charge < -0.3 is 4.90 Å². The third-order valence-corrected chi connectivity index (χ3v) is 4.89. The smallest absolute Gasteiger partial charge is 0.158 e. The van der Waals surface area contributed by atoms with Gasteiger partial charge in [0.2, 0.25) is 0 Å². The second kappa shape index (κ2) is 4.57. The zero-order valence-electron chi connectivity index (χ0n) is 9.95. The molecule has 0 unspecified atom stereocenters. The van der Waals surface area contributed by atoms with Crippen molar-refractivity contribution in [3.8, 4) is 0 Å². The van der Waals surface area contributed by atoms with Crippen molar-refractivity contribution < 1.29 is 8.42 Å². The Labute approximate surface area is 115 Å². The van der Waals surface area contributed by atoms with Crippen LogP contribution in [0.15, 0.2) is 18.5 Å². The number of pyridine rings is 1. The number of hydrogen-bond acceptors (Lipinski definition) is 6. The molecule has 8 heteroatoms. The summed E-state index contributed by atoms with van der Waals surface area (Å²) in [6.07, 6.45) is 1.45. The van der Waals surface area contributed by atoms with Crippen LogP contribution in [0, 0.1) is 0 Å². The molecule has 100 valence electrons. The Bertz CT molecular complexity index is 721. The maximum atomic E-state index is 11.4. The lowest BCUT2D eigenvalue weighted by molar-refractivity contribution is 0.586. The van der Waals surface area contributed by atoms with Crippen molar-refractivity contribution in [3.63, 3.8) is 0 Å². The summed E-state index contributed by atoms with van der Waals surface area (Å²) in [6, 6.07) is 3.44. The number of anilines is 1. The van der Waals surface area contributed by atoms with Crippen molar-refractivity contribution in [1.29, 1.82) is 0 Å². The summed E-state index contributed by atoms with van der Waals surface area (Å²) in [4.78, 5) is 14.5. The van der Waals surface area contributed by atoms with E-state index in [0.29, 0.717) is 35.1 Å². The van der Waals surface area contributed by atoms with Crippen LogP contribution in [0.5, 0.6) is 0 Å². The van der Waals surface area contributed by atoms with Crippen LogP contribution in [0.2, 0.25) is 5.15 Å². The van der Waals surface area contributed by atoms with Gasteiger partial charge in [0.1, 0.15) is 17.0 Å². The van der Waals surface area contributed by atoms with Crippen molar-refractivity contribution >= 4 is 38.3 Å². The fraction of sp³-hybridized carbons (Fsp3) is 0.364. The molecule has 0 amide bonds. The van der Waals surface area contributed by atoms with E-state index in [1.54, 1.807) is 12.1 Å². The monoisotopic (exact) mass is 298 g/mol. The molecule has 0 aliphatic carbocycles. The summed E-state index contributed by atoms with van der Waals surface area (Å²) in [7, 11) is -2.92. The molecule has 0 atom stereocenters. The number of halogens is 1. The molecule has 19 heavy (non-hydrogen) atoms. The van der Waals surface area contributed by atoms with E-state index >= 15 is 0 Å². The summed E-state index contributed by atoms with van der Waals surface area (Å²) in [5.41, 5.74) is 1.30. The van der Waals surface area contributed by atoms with Gasteiger partial charge in [0.05, 0.1) is 17.0 Å². The molecular formula is C11H11ClN4O2S. The van der Waals surface area contributed by atoms with Gasteiger partial charge >= 0.3 is 0 Å². The van der Waals surface area contributed by atoms with Gasteiger partial charge in [0.25, 0.3) is 0 Å². The molecule has 0 saturated carbocycles. The van der Waals surface area contributed by atoms with Gasteiger partial charge in [-0.25, -0.2) is 23.4 Å². The zero-order valence-corrected chi connectivity index (χ0v) is 11.5. The van der Waals surface area contributed by atoms with Gasteiger partial charge in [0.15, 0.2) is 15.7 Å². The zero-order chi connectivity index (χ0) is 13.5. The summed E-state index contributed by atoms with van der Waals surface area (Å²) < 4.78 is 22.9. The Balaban J connectivity index is 2.03. The van der Waals surface area contributed by atoms with Crippen LogP contribution in [0.4, 0.5) is 5.82 Å². The Morgan fingerprint density at radius 2 is 1.89 bits per heavy atom. The maximum absolute atomic E-state index is 11.4. The van der Waals surface area contributed by atoms with Crippen molar-refractivity contribution in [2.24, 2.45) is 0 Å². The first-order valence-electron chi connectivity index (χ1n) is 5.78. The summed E-state index contributed by atoms with van der Waals surface area (Å²) >= 11 is 5.89. The fourth-order valence-corrected chi connectivity index (χ4v) is 3.41. The summed E-state index contributed by atoms with van der Waals surface area (Å²) in [6.45, 7) is 0.839. The minimum absolute atomic E-state index is 0.138. The van der Waals surface area contributed by atoms with Crippen LogP contribution in [0.1, 0.15) is 0 Å². The predicted octanol–water partition coefficient (Wildman–Crippen LogP) is 0.913. The predicted molar refractivity (Wildman–Crippen MR) is 73.2 cm³/mol. The van der Waals surface area contributed by atoms with Crippen molar-refractivity contribution in [1.82, 2.24) is 15.0 Å². The molecule has 3 heterocycles. The van der Waals surface area contributed by atoms with Crippen LogP contribution in [0.3, 0.4) is 0 Å². The third-order valence-electron chi connectivity index (χ3n) is 3.07. The van der Waals surface area contributed by atoms with Crippen molar-refractivity contribution in [3.05, 3.63) is 23.6 Å². The molecule has 1 fully saturated rings. The SMILES string of the molecule is O=S1(=O)CCN(c2ncnc3ccc(Cl)nc23)CC1. The van der Waals surface area contributed by atoms with Crippen molar-refractivity contribution in [2.75, 3.05) is 29.5 Å². The molecule has 0 spiro atoms. The number of sulfone groups is 1. The van der Waals surface area contributed by atoms with Crippen LogP contribution < -0.4 is 4.90 Å². The second-order valence-corrected chi connectivity index (χ2v) is 7.03. The molecule has 0 N–H and O–H groups in total. The number of hydrogen-bond donors (Lipinski definition) is 0. The lowest BCUT2D eigenvalue weighted by atomic mass is 10.3. The third kappa shape index (κ3) is 2.48. The quantitative estimate of drug-likeness (QED) is 0.729. The van der Waals surface area contributed by atoms with E-state index in [9.17, 15) is 8.42 Å². The Hall–Kier alpha value is -1.47. The Morgan fingerprint density at radius 1 is 1.16 bits per heavy atom. The maximum Gasteiger partial charge on any atom is 0.158 e. The van der Waals surface area contributed by atoms with Crippen LogP contribution >= 0.6 is 11.6 Å². The topological polar surface area (TPSA) is 76.1 Å². The van der Waals surface area contributed by atoms with Crippen LogP contribution in [0.25, 0.3) is 11.0 Å². The Kier molecular flexibility index (Phi) is 3.02. The first-order valence-corrected chi connectivity index (χ1v) is 7.98. The van der Waals surface area contributed by atoms with Gasteiger partial charge in [-0.1, -0.05) is 11.6 Å². The standard InChI is InChI=1S/C11H11ClN4O2S/c12-9-2-1-8-10(15-9)11(14-7-13-8)16-3-5-19(17,18)6-4-16/h1-2,7H,3-6H2. The molecule has 3 rings (SSSR count). The van der Waals surface area contributed by atoms with E-state index in [1.165, 1.54) is 6.33 Å². The molecule has 1 saturated heterocycles. The van der Waals surface area contributed by atoms with E-state index < -0.39 is 9.84 Å². The highest BCUT2D eigenvalue weighted by atomic mass is 35.5. The largest absolute Gasteiger partial charge is 0.353 e. The van der Waals surface area contributed by atoms with E-state index in [2.05, 4.69) is 15.0 Å². The number of nitrogens with zero attached hydrogens (tertiary/aromatic N) is 4. The van der Waals surface area contributed by atoms with Gasteiger partial charge in [-0.15, -0.1) is 0 Å². The molecule has 2 aromatic rings. The fourth-order valence-electron chi connectivity index (χ4n) is 2.06. The minimum atomic E-state index is -2.92. The van der Waals surface area contributed by atoms with Crippen LogP contribution in [-0.4, -0.2) is 48.0 Å². The molecule has 0 radical (unpaired) electrons. The van der Waals surface area contributed by atoms with E-state index in [1.807, 2.05) is 4.90 Å². The molecule has 6 nitrogen and oxygen atoms in total. The molecule has 1 aliphatic heterocycles. The normalized spacial score (nSPS) is 18.7. The van der Waals surface area contributed by atoms with Gasteiger partial charge in [0, 0.05) is 13.1 Å². The average Bonchev–Trinajstić information content (AvgIpc) is 2.38. The number of aromatic nitrogens is 3. The number of fused-ring (bicyclic) bond motifs is 1. The summed E-state index contributed by atoms with van der Waals surface area (Å²) in [5.74, 6) is 0.917. The lowest BCUT2D eigenvalue weighted by Gasteiger charge is -2.27. The van der Waals surface area contributed by atoms with Crippen LogP contribution in [-0.2, 0) is 9.84 Å². The molecule has 1 aliphatic rings. The highest BCUT2D eigenvalue weighted by Gasteiger charge is 2.24. The molecule has 0 aromatic carbocycles. The van der Waals surface area contributed by atoms with E-state index in [0.717, 1.165) is 0 Å². The Morgan fingerprint density at radius 3 is 2.63 bits per heavy atom.